The minimum absolute atomic E-state index is 0.336. The van der Waals surface area contributed by atoms with Crippen LogP contribution in [0.25, 0.3) is 10.9 Å². The van der Waals surface area contributed by atoms with Crippen LogP contribution in [-0.4, -0.2) is 35.9 Å². The number of ether oxygens (including phenoxy) is 3. The maximum Gasteiger partial charge on any atom is 0.303 e. The number of amides is 1. The van der Waals surface area contributed by atoms with Gasteiger partial charge in [-0.05, 0) is 11.6 Å². The van der Waals surface area contributed by atoms with E-state index in [9.17, 15) is 9.59 Å². The van der Waals surface area contributed by atoms with Gasteiger partial charge in [-0.25, -0.2) is 4.98 Å². The smallest absolute Gasteiger partial charge is 0.303 e. The zero-order valence-corrected chi connectivity index (χ0v) is 13.8. The van der Waals surface area contributed by atoms with Crippen molar-refractivity contribution < 1.29 is 23.8 Å². The molecule has 0 radical (unpaired) electrons. The van der Waals surface area contributed by atoms with E-state index in [1.165, 1.54) is 6.92 Å². The second-order valence-electron chi connectivity index (χ2n) is 6.32. The number of esters is 1. The number of hydrogen-bond acceptors (Lipinski definition) is 6. The topological polar surface area (TPSA) is 101 Å². The first-order valence-corrected chi connectivity index (χ1v) is 8.15. The van der Waals surface area contributed by atoms with Gasteiger partial charge in [0.05, 0.1) is 30.0 Å². The van der Waals surface area contributed by atoms with Gasteiger partial charge in [-0.3, -0.25) is 9.59 Å². The van der Waals surface area contributed by atoms with Gasteiger partial charge in [0.25, 0.3) is 0 Å². The first-order chi connectivity index (χ1) is 12.0. The molecule has 0 bridgehead atoms. The lowest BCUT2D eigenvalue weighted by Crippen LogP contribution is -2.41. The molecule has 1 aromatic heterocycles. The number of para-hydroxylation sites is 1. The molecule has 1 amide bonds. The molecule has 1 aliphatic heterocycles. The number of nitrogens with two attached hydrogens (primary N) is 1. The standard InChI is InChI=1S/C18H18N2O5/c1-10(21)25-14-9-18(23-6-7-24-18)8-12-15(17(19)22)11-4-2-3-5-13(11)20-16(12)14/h2-5,14H,6-9H2,1H3,(H2,19,22). The van der Waals surface area contributed by atoms with Gasteiger partial charge < -0.3 is 19.9 Å². The van der Waals surface area contributed by atoms with E-state index in [1.807, 2.05) is 12.1 Å². The molecule has 2 N–H and O–H groups in total. The molecule has 1 aromatic carbocycles. The molecule has 130 valence electrons. The maximum absolute atomic E-state index is 12.2. The summed E-state index contributed by atoms with van der Waals surface area (Å²) in [4.78, 5) is 28.5. The van der Waals surface area contributed by atoms with Gasteiger partial charge in [-0.2, -0.15) is 0 Å². The molecule has 1 saturated heterocycles. The highest BCUT2D eigenvalue weighted by Gasteiger charge is 2.47. The summed E-state index contributed by atoms with van der Waals surface area (Å²) in [5, 5.41) is 0.672. The summed E-state index contributed by atoms with van der Waals surface area (Å²) in [6.07, 6.45) is 0.0290. The van der Waals surface area contributed by atoms with Crippen molar-refractivity contribution in [3.8, 4) is 0 Å². The molecule has 2 aliphatic rings. The van der Waals surface area contributed by atoms with E-state index in [0.29, 0.717) is 53.8 Å². The van der Waals surface area contributed by atoms with Crippen molar-refractivity contribution in [2.24, 2.45) is 5.73 Å². The Kier molecular flexibility index (Phi) is 3.70. The normalized spacial score (nSPS) is 21.2. The molecule has 1 spiro atoms. The van der Waals surface area contributed by atoms with Crippen LogP contribution in [0, 0.1) is 0 Å². The number of benzene rings is 1. The molecule has 4 rings (SSSR count). The third-order valence-electron chi connectivity index (χ3n) is 4.64. The number of carbonyl (C=O) groups is 2. The minimum atomic E-state index is -0.915. The van der Waals surface area contributed by atoms with E-state index in [4.69, 9.17) is 19.9 Å². The number of pyridine rings is 1. The van der Waals surface area contributed by atoms with E-state index >= 15 is 0 Å². The van der Waals surface area contributed by atoms with Crippen molar-refractivity contribution in [2.75, 3.05) is 13.2 Å². The SMILES string of the molecule is CC(=O)OC1CC2(Cc3c1nc1ccccc1c3C(N)=O)OCCO2. The Morgan fingerprint density at radius 2 is 2.00 bits per heavy atom. The average molecular weight is 342 g/mol. The highest BCUT2D eigenvalue weighted by molar-refractivity contribution is 6.07. The van der Waals surface area contributed by atoms with Crippen LogP contribution in [0.2, 0.25) is 0 Å². The summed E-state index contributed by atoms with van der Waals surface area (Å²) in [5.74, 6) is -1.89. The van der Waals surface area contributed by atoms with Crippen molar-refractivity contribution in [3.05, 3.63) is 41.1 Å². The van der Waals surface area contributed by atoms with Gasteiger partial charge in [0.1, 0.15) is 6.10 Å². The molecule has 0 saturated carbocycles. The third-order valence-corrected chi connectivity index (χ3v) is 4.64. The molecule has 2 aromatic rings. The van der Waals surface area contributed by atoms with Crippen molar-refractivity contribution in [2.45, 2.75) is 31.7 Å². The van der Waals surface area contributed by atoms with Crippen LogP contribution in [0.5, 0.6) is 0 Å². The lowest BCUT2D eigenvalue weighted by molar-refractivity contribution is -0.191. The van der Waals surface area contributed by atoms with Gasteiger partial charge in [0.15, 0.2) is 5.79 Å². The first kappa shape index (κ1) is 16.0. The van der Waals surface area contributed by atoms with E-state index in [0.717, 1.165) is 0 Å². The predicted octanol–water partition coefficient (Wildman–Crippen LogP) is 1.63. The van der Waals surface area contributed by atoms with E-state index in [-0.39, 0.29) is 0 Å². The van der Waals surface area contributed by atoms with E-state index in [1.54, 1.807) is 12.1 Å². The van der Waals surface area contributed by atoms with Crippen molar-refractivity contribution in [3.63, 3.8) is 0 Å². The second kappa shape index (κ2) is 5.79. The van der Waals surface area contributed by atoms with Crippen LogP contribution in [0.4, 0.5) is 0 Å². The Morgan fingerprint density at radius 3 is 2.68 bits per heavy atom. The van der Waals surface area contributed by atoms with E-state index < -0.39 is 23.8 Å². The Bertz CT molecular complexity index is 873. The summed E-state index contributed by atoms with van der Waals surface area (Å²) in [6.45, 7) is 2.25. The summed E-state index contributed by atoms with van der Waals surface area (Å²) >= 11 is 0. The number of primary amides is 1. The molecule has 25 heavy (non-hydrogen) atoms. The van der Waals surface area contributed by atoms with Gasteiger partial charge in [0.2, 0.25) is 5.91 Å². The lowest BCUT2D eigenvalue weighted by atomic mass is 9.84. The number of fused-ring (bicyclic) bond motifs is 2. The molecule has 1 fully saturated rings. The molecular formula is C18H18N2O5. The molecule has 1 aliphatic carbocycles. The third kappa shape index (κ3) is 2.65. The molecular weight excluding hydrogens is 324 g/mol. The number of carbonyl (C=O) groups excluding carboxylic acids is 2. The molecule has 7 heteroatoms. The van der Waals surface area contributed by atoms with Crippen LogP contribution < -0.4 is 5.73 Å². The quantitative estimate of drug-likeness (QED) is 0.833. The van der Waals surface area contributed by atoms with Crippen LogP contribution in [0.1, 0.15) is 41.1 Å². The van der Waals surface area contributed by atoms with Gasteiger partial charge in [-0.1, -0.05) is 18.2 Å². The fourth-order valence-electron chi connectivity index (χ4n) is 3.73. The zero-order chi connectivity index (χ0) is 17.6. The largest absolute Gasteiger partial charge is 0.456 e. The Hall–Kier alpha value is -2.51. The lowest BCUT2D eigenvalue weighted by Gasteiger charge is -2.37. The summed E-state index contributed by atoms with van der Waals surface area (Å²) in [6, 6.07) is 7.27. The average Bonchev–Trinajstić information content (AvgIpc) is 3.00. The number of hydrogen-bond donors (Lipinski definition) is 1. The molecule has 2 heterocycles. The van der Waals surface area contributed by atoms with Crippen molar-refractivity contribution >= 4 is 22.8 Å². The van der Waals surface area contributed by atoms with Gasteiger partial charge >= 0.3 is 5.97 Å². The summed E-state index contributed by atoms with van der Waals surface area (Å²) < 4.78 is 17.1. The van der Waals surface area contributed by atoms with Gasteiger partial charge in [0, 0.05) is 25.2 Å². The number of nitrogens with zero attached hydrogens (tertiary/aromatic N) is 1. The van der Waals surface area contributed by atoms with Crippen molar-refractivity contribution in [1.29, 1.82) is 0 Å². The molecule has 1 unspecified atom stereocenters. The number of aromatic nitrogens is 1. The highest BCUT2D eigenvalue weighted by atomic mass is 16.7. The molecule has 7 nitrogen and oxygen atoms in total. The monoisotopic (exact) mass is 342 g/mol. The Morgan fingerprint density at radius 1 is 1.28 bits per heavy atom. The van der Waals surface area contributed by atoms with Crippen LogP contribution in [0.15, 0.2) is 24.3 Å². The van der Waals surface area contributed by atoms with Crippen LogP contribution in [0.3, 0.4) is 0 Å². The fraction of sp³-hybridized carbons (Fsp3) is 0.389. The fourth-order valence-corrected chi connectivity index (χ4v) is 3.73. The summed E-state index contributed by atoms with van der Waals surface area (Å²) in [5.41, 5.74) is 7.88. The van der Waals surface area contributed by atoms with Gasteiger partial charge in [-0.15, -0.1) is 0 Å². The van der Waals surface area contributed by atoms with E-state index in [2.05, 4.69) is 4.98 Å². The second-order valence-corrected chi connectivity index (χ2v) is 6.32. The predicted molar refractivity (Wildman–Crippen MR) is 87.7 cm³/mol. The van der Waals surface area contributed by atoms with Crippen LogP contribution in [-0.2, 0) is 25.4 Å². The van der Waals surface area contributed by atoms with Crippen LogP contribution >= 0.6 is 0 Å². The summed E-state index contributed by atoms with van der Waals surface area (Å²) in [7, 11) is 0. The van der Waals surface area contributed by atoms with Crippen molar-refractivity contribution in [1.82, 2.24) is 4.98 Å². The Balaban J connectivity index is 1.97. The highest BCUT2D eigenvalue weighted by Crippen LogP contribution is 2.44. The number of rotatable bonds is 2. The zero-order valence-electron chi connectivity index (χ0n) is 13.8. The maximum atomic E-state index is 12.2. The first-order valence-electron chi connectivity index (χ1n) is 8.15. The minimum Gasteiger partial charge on any atom is -0.456 e. The molecule has 1 atom stereocenters. The Labute approximate surface area is 144 Å².